The highest BCUT2D eigenvalue weighted by atomic mass is 32.1. The van der Waals surface area contributed by atoms with Crippen molar-refractivity contribution in [1.29, 1.82) is 0 Å². The lowest BCUT2D eigenvalue weighted by molar-refractivity contribution is -0.147. The van der Waals surface area contributed by atoms with E-state index in [1.807, 2.05) is 18.4 Å². The largest absolute Gasteiger partial charge is 0.481 e. The third-order valence-electron chi connectivity index (χ3n) is 3.95. The van der Waals surface area contributed by atoms with Crippen LogP contribution in [0, 0.1) is 5.92 Å². The van der Waals surface area contributed by atoms with Crippen LogP contribution in [0.1, 0.15) is 37.5 Å². The van der Waals surface area contributed by atoms with Gasteiger partial charge < -0.3 is 10.0 Å². The van der Waals surface area contributed by atoms with Crippen molar-refractivity contribution in [2.24, 2.45) is 5.92 Å². The van der Waals surface area contributed by atoms with E-state index < -0.39 is 11.9 Å². The molecule has 20 heavy (non-hydrogen) atoms. The summed E-state index contributed by atoms with van der Waals surface area (Å²) in [6.07, 6.45) is 3.73. The Labute approximate surface area is 123 Å². The van der Waals surface area contributed by atoms with Gasteiger partial charge in [0, 0.05) is 23.9 Å². The first-order valence-electron chi connectivity index (χ1n) is 7.12. The number of carboxylic acid groups (broad SMARTS) is 1. The number of carboxylic acids is 1. The summed E-state index contributed by atoms with van der Waals surface area (Å²) in [7, 11) is 0. The molecule has 2 atom stereocenters. The molecule has 0 aliphatic carbocycles. The molecule has 0 saturated carbocycles. The molecule has 1 aliphatic heterocycles. The van der Waals surface area contributed by atoms with Gasteiger partial charge in [0.25, 0.3) is 0 Å². The summed E-state index contributed by atoms with van der Waals surface area (Å²) in [6.45, 7) is 2.38. The lowest BCUT2D eigenvalue weighted by Gasteiger charge is -2.36. The minimum atomic E-state index is -0.784. The molecule has 0 spiro atoms. The Morgan fingerprint density at radius 1 is 1.45 bits per heavy atom. The van der Waals surface area contributed by atoms with E-state index in [-0.39, 0.29) is 11.9 Å². The Bertz CT molecular complexity index is 458. The third-order valence-corrected chi connectivity index (χ3v) is 4.88. The second kappa shape index (κ2) is 6.88. The molecule has 1 aromatic rings. The summed E-state index contributed by atoms with van der Waals surface area (Å²) < 4.78 is 0. The number of aliphatic carboxylic acids is 1. The van der Waals surface area contributed by atoms with Crippen LogP contribution in [0.2, 0.25) is 0 Å². The predicted octanol–water partition coefficient (Wildman–Crippen LogP) is 2.78. The van der Waals surface area contributed by atoms with Gasteiger partial charge >= 0.3 is 5.97 Å². The summed E-state index contributed by atoms with van der Waals surface area (Å²) in [4.78, 5) is 26.4. The molecule has 0 bridgehead atoms. The van der Waals surface area contributed by atoms with E-state index in [4.69, 9.17) is 5.11 Å². The fourth-order valence-electron chi connectivity index (χ4n) is 2.67. The highest BCUT2D eigenvalue weighted by molar-refractivity contribution is 7.09. The Kier molecular flexibility index (Phi) is 5.17. The van der Waals surface area contributed by atoms with Crippen LogP contribution in [-0.2, 0) is 16.0 Å². The highest BCUT2D eigenvalue weighted by Crippen LogP contribution is 2.23. The van der Waals surface area contributed by atoms with Crippen LogP contribution in [0.5, 0.6) is 0 Å². The van der Waals surface area contributed by atoms with Crippen LogP contribution in [0.3, 0.4) is 0 Å². The van der Waals surface area contributed by atoms with Gasteiger partial charge in [-0.1, -0.05) is 6.07 Å². The second-order valence-electron chi connectivity index (χ2n) is 5.44. The fraction of sp³-hybridized carbons (Fsp3) is 0.600. The first-order chi connectivity index (χ1) is 9.58. The van der Waals surface area contributed by atoms with Gasteiger partial charge in [-0.15, -0.1) is 11.3 Å². The molecule has 4 nitrogen and oxygen atoms in total. The Balaban J connectivity index is 1.82. The van der Waals surface area contributed by atoms with Crippen molar-refractivity contribution in [1.82, 2.24) is 4.90 Å². The lowest BCUT2D eigenvalue weighted by atomic mass is 9.93. The van der Waals surface area contributed by atoms with Gasteiger partial charge in [-0.3, -0.25) is 9.59 Å². The Morgan fingerprint density at radius 2 is 2.25 bits per heavy atom. The molecule has 1 aromatic heterocycles. The number of thiophene rings is 1. The molecule has 0 radical (unpaired) electrons. The van der Waals surface area contributed by atoms with Gasteiger partial charge in [-0.05, 0) is 44.1 Å². The minimum absolute atomic E-state index is 0.0972. The number of amides is 1. The van der Waals surface area contributed by atoms with Gasteiger partial charge in [0.15, 0.2) is 0 Å². The van der Waals surface area contributed by atoms with Crippen LogP contribution >= 0.6 is 11.3 Å². The minimum Gasteiger partial charge on any atom is -0.481 e. The summed E-state index contributed by atoms with van der Waals surface area (Å²) in [5.41, 5.74) is 0. The average molecular weight is 295 g/mol. The van der Waals surface area contributed by atoms with Crippen molar-refractivity contribution in [2.75, 3.05) is 6.54 Å². The van der Waals surface area contributed by atoms with E-state index in [1.165, 1.54) is 4.88 Å². The Hall–Kier alpha value is -1.36. The molecular formula is C15H21NO3S. The molecule has 1 amide bonds. The van der Waals surface area contributed by atoms with Crippen molar-refractivity contribution in [2.45, 2.75) is 45.1 Å². The van der Waals surface area contributed by atoms with Crippen molar-refractivity contribution in [3.63, 3.8) is 0 Å². The molecule has 1 N–H and O–H groups in total. The smallest absolute Gasteiger partial charge is 0.308 e. The van der Waals surface area contributed by atoms with E-state index >= 15 is 0 Å². The standard InChI is InChI=1S/C15H21NO3S/c1-11-7-8-12(15(18)19)10-16(11)14(17)6-2-4-13-5-3-9-20-13/h3,5,9,11-12H,2,4,6-8,10H2,1H3,(H,18,19). The van der Waals surface area contributed by atoms with Gasteiger partial charge in [0.2, 0.25) is 5.91 Å². The molecule has 1 saturated heterocycles. The van der Waals surface area contributed by atoms with Gasteiger partial charge in [-0.25, -0.2) is 0 Å². The summed E-state index contributed by atoms with van der Waals surface area (Å²) in [5, 5.41) is 11.1. The first kappa shape index (κ1) is 15.0. The van der Waals surface area contributed by atoms with E-state index in [0.717, 1.165) is 19.3 Å². The molecule has 5 heteroatoms. The van der Waals surface area contributed by atoms with Gasteiger partial charge in [0.05, 0.1) is 5.92 Å². The average Bonchev–Trinajstić information content (AvgIpc) is 2.92. The molecule has 1 aliphatic rings. The van der Waals surface area contributed by atoms with E-state index in [2.05, 4.69) is 6.07 Å². The van der Waals surface area contributed by atoms with Crippen molar-refractivity contribution in [3.8, 4) is 0 Å². The van der Waals surface area contributed by atoms with Crippen LogP contribution < -0.4 is 0 Å². The summed E-state index contributed by atoms with van der Waals surface area (Å²) in [5.74, 6) is -1.08. The van der Waals surface area contributed by atoms with Crippen LogP contribution in [0.25, 0.3) is 0 Å². The van der Waals surface area contributed by atoms with Crippen molar-refractivity contribution < 1.29 is 14.7 Å². The molecule has 2 heterocycles. The maximum absolute atomic E-state index is 12.2. The molecule has 2 rings (SSSR count). The van der Waals surface area contributed by atoms with E-state index in [1.54, 1.807) is 16.2 Å². The molecular weight excluding hydrogens is 274 g/mol. The first-order valence-corrected chi connectivity index (χ1v) is 8.00. The number of nitrogens with zero attached hydrogens (tertiary/aromatic N) is 1. The number of likely N-dealkylation sites (tertiary alicyclic amines) is 1. The SMILES string of the molecule is CC1CCC(C(=O)O)CN1C(=O)CCCc1cccs1. The van der Waals surface area contributed by atoms with Crippen molar-refractivity contribution in [3.05, 3.63) is 22.4 Å². The monoisotopic (exact) mass is 295 g/mol. The number of aryl methyl sites for hydroxylation is 1. The fourth-order valence-corrected chi connectivity index (χ4v) is 3.42. The third kappa shape index (κ3) is 3.82. The van der Waals surface area contributed by atoms with Crippen LogP contribution in [0.4, 0.5) is 0 Å². The molecule has 1 fully saturated rings. The molecule has 110 valence electrons. The maximum atomic E-state index is 12.2. The van der Waals surface area contributed by atoms with Crippen LogP contribution in [-0.4, -0.2) is 34.5 Å². The van der Waals surface area contributed by atoms with Crippen LogP contribution in [0.15, 0.2) is 17.5 Å². The van der Waals surface area contributed by atoms with Gasteiger partial charge in [-0.2, -0.15) is 0 Å². The normalized spacial score (nSPS) is 22.8. The zero-order valence-corrected chi connectivity index (χ0v) is 12.6. The number of carbonyl (C=O) groups excluding carboxylic acids is 1. The summed E-state index contributed by atoms with van der Waals surface area (Å²) >= 11 is 1.71. The number of piperidine rings is 1. The number of hydrogen-bond donors (Lipinski definition) is 1. The van der Waals surface area contributed by atoms with E-state index in [9.17, 15) is 9.59 Å². The molecule has 0 aromatic carbocycles. The number of hydrogen-bond acceptors (Lipinski definition) is 3. The van der Waals surface area contributed by atoms with Gasteiger partial charge in [0.1, 0.15) is 0 Å². The van der Waals surface area contributed by atoms with E-state index in [0.29, 0.717) is 19.4 Å². The number of carbonyl (C=O) groups is 2. The van der Waals surface area contributed by atoms with Crippen molar-refractivity contribution >= 4 is 23.2 Å². The quantitative estimate of drug-likeness (QED) is 0.908. The Morgan fingerprint density at radius 3 is 2.90 bits per heavy atom. The number of rotatable bonds is 5. The second-order valence-corrected chi connectivity index (χ2v) is 6.47. The zero-order valence-electron chi connectivity index (χ0n) is 11.7. The molecule has 2 unspecified atom stereocenters. The lowest BCUT2D eigenvalue weighted by Crippen LogP contribution is -2.47. The zero-order chi connectivity index (χ0) is 14.5. The maximum Gasteiger partial charge on any atom is 0.308 e. The topological polar surface area (TPSA) is 57.6 Å². The predicted molar refractivity (Wildman–Crippen MR) is 78.8 cm³/mol. The highest BCUT2D eigenvalue weighted by Gasteiger charge is 2.32. The summed E-state index contributed by atoms with van der Waals surface area (Å²) in [6, 6.07) is 4.27.